The van der Waals surface area contributed by atoms with Crippen LogP contribution in [0.15, 0.2) is 36.4 Å². The summed E-state index contributed by atoms with van der Waals surface area (Å²) in [6.45, 7) is 7.47. The minimum Gasteiger partial charge on any atom is -0.274 e. The van der Waals surface area contributed by atoms with E-state index in [9.17, 15) is 14.0 Å². The van der Waals surface area contributed by atoms with Crippen molar-refractivity contribution in [3.8, 4) is 0 Å². The van der Waals surface area contributed by atoms with Gasteiger partial charge in [-0.3, -0.25) is 9.59 Å². The molecule has 29 heavy (non-hydrogen) atoms. The van der Waals surface area contributed by atoms with Gasteiger partial charge >= 0.3 is 0 Å². The van der Waals surface area contributed by atoms with Gasteiger partial charge in [-0.1, -0.05) is 29.8 Å². The number of hydrogen-bond donors (Lipinski definition) is 0. The number of anilines is 1. The molecule has 150 valence electrons. The number of hydrogen-bond acceptors (Lipinski definition) is 4. The molecule has 3 aliphatic heterocycles. The summed E-state index contributed by atoms with van der Waals surface area (Å²) in [6, 6.07) is 9.62. The van der Waals surface area contributed by atoms with Crippen molar-refractivity contribution in [3.63, 3.8) is 0 Å². The van der Waals surface area contributed by atoms with Crippen LogP contribution in [0.3, 0.4) is 0 Å². The zero-order valence-corrected chi connectivity index (χ0v) is 16.9. The highest BCUT2D eigenvalue weighted by atomic mass is 19.1. The lowest BCUT2D eigenvalue weighted by Crippen LogP contribution is -2.44. The molecule has 0 N–H and O–H groups in total. The van der Waals surface area contributed by atoms with Crippen molar-refractivity contribution in [3.05, 3.63) is 64.5 Å². The number of carbonyl (C=O) groups excluding carboxylic acids is 2. The van der Waals surface area contributed by atoms with E-state index in [0.29, 0.717) is 5.69 Å². The average molecular weight is 393 g/mol. The summed E-state index contributed by atoms with van der Waals surface area (Å²) in [4.78, 5) is 28.6. The second kappa shape index (κ2) is 6.47. The van der Waals surface area contributed by atoms with Crippen LogP contribution in [0.4, 0.5) is 10.1 Å². The van der Waals surface area contributed by atoms with Crippen LogP contribution in [0, 0.1) is 32.5 Å². The summed E-state index contributed by atoms with van der Waals surface area (Å²) in [7, 11) is 0. The summed E-state index contributed by atoms with van der Waals surface area (Å²) in [5.41, 5.74) is 4.56. The van der Waals surface area contributed by atoms with E-state index in [0.717, 1.165) is 41.8 Å². The summed E-state index contributed by atoms with van der Waals surface area (Å²) >= 11 is 0. The smallest absolute Gasteiger partial charge is 0.253 e. The number of nitrogens with zero attached hydrogens (tertiary/aromatic N) is 3. The van der Waals surface area contributed by atoms with Gasteiger partial charge in [0.25, 0.3) is 5.91 Å². The number of imide groups is 1. The first-order chi connectivity index (χ1) is 13.9. The fourth-order valence-electron chi connectivity index (χ4n) is 5.52. The summed E-state index contributed by atoms with van der Waals surface area (Å²) in [5.74, 6) is -1.08. The number of fused-ring (bicyclic) bond motifs is 3. The van der Waals surface area contributed by atoms with E-state index in [1.807, 2.05) is 32.9 Å². The van der Waals surface area contributed by atoms with Crippen LogP contribution in [-0.2, 0) is 9.59 Å². The first-order valence-corrected chi connectivity index (χ1v) is 10.1. The van der Waals surface area contributed by atoms with Gasteiger partial charge in [-0.25, -0.2) is 19.3 Å². The van der Waals surface area contributed by atoms with Crippen molar-refractivity contribution in [1.82, 2.24) is 10.0 Å². The van der Waals surface area contributed by atoms with E-state index in [4.69, 9.17) is 0 Å². The van der Waals surface area contributed by atoms with Crippen molar-refractivity contribution in [2.75, 3.05) is 18.0 Å². The maximum Gasteiger partial charge on any atom is 0.253 e. The number of rotatable bonds is 2. The van der Waals surface area contributed by atoms with Crippen LogP contribution in [-0.4, -0.2) is 41.0 Å². The Morgan fingerprint density at radius 2 is 1.45 bits per heavy atom. The number of carbonyl (C=O) groups is 2. The Hall–Kier alpha value is -2.57. The molecule has 0 unspecified atom stereocenters. The monoisotopic (exact) mass is 393 g/mol. The summed E-state index contributed by atoms with van der Waals surface area (Å²) < 4.78 is 13.5. The van der Waals surface area contributed by atoms with Gasteiger partial charge < -0.3 is 0 Å². The first kappa shape index (κ1) is 18.5. The zero-order valence-electron chi connectivity index (χ0n) is 16.9. The molecule has 0 aromatic heterocycles. The zero-order chi connectivity index (χ0) is 20.4. The molecule has 0 bridgehead atoms. The van der Waals surface area contributed by atoms with Gasteiger partial charge in [0.2, 0.25) is 5.91 Å². The minimum absolute atomic E-state index is 0.147. The van der Waals surface area contributed by atoms with Crippen LogP contribution >= 0.6 is 0 Å². The normalized spacial score (nSPS) is 27.0. The molecule has 0 saturated carbocycles. The SMILES string of the molecule is Cc1cc(C)c(N2C(=O)[C@@H]3[C@@H](c4ccc(F)cc4)N4CCCN4[C@H]3C2=O)c(C)c1. The maximum atomic E-state index is 13.6. The second-order valence-corrected chi connectivity index (χ2v) is 8.41. The van der Waals surface area contributed by atoms with Gasteiger partial charge in [0, 0.05) is 13.1 Å². The molecule has 2 aromatic carbocycles. The third kappa shape index (κ3) is 2.59. The molecule has 3 heterocycles. The molecular formula is C23H24FN3O2. The quantitative estimate of drug-likeness (QED) is 0.735. The highest BCUT2D eigenvalue weighted by Gasteiger charge is 2.63. The van der Waals surface area contributed by atoms with E-state index in [1.54, 1.807) is 12.1 Å². The molecule has 5 nitrogen and oxygen atoms in total. The van der Waals surface area contributed by atoms with Gasteiger partial charge in [0.05, 0.1) is 17.6 Å². The van der Waals surface area contributed by atoms with Crippen LogP contribution < -0.4 is 4.90 Å². The van der Waals surface area contributed by atoms with Gasteiger partial charge in [0.15, 0.2) is 0 Å². The van der Waals surface area contributed by atoms with Gasteiger partial charge in [-0.05, 0) is 56.0 Å². The minimum atomic E-state index is -0.486. The fraction of sp³-hybridized carbons (Fsp3) is 0.391. The maximum absolute atomic E-state index is 13.6. The van der Waals surface area contributed by atoms with E-state index in [-0.39, 0.29) is 23.7 Å². The lowest BCUT2D eigenvalue weighted by molar-refractivity contribution is -0.126. The Labute approximate surface area is 169 Å². The van der Waals surface area contributed by atoms with Crippen LogP contribution in [0.5, 0.6) is 0 Å². The first-order valence-electron chi connectivity index (χ1n) is 10.1. The average Bonchev–Trinajstić information content (AvgIpc) is 3.30. The number of benzene rings is 2. The third-order valence-corrected chi connectivity index (χ3v) is 6.48. The van der Waals surface area contributed by atoms with Crippen molar-refractivity contribution >= 4 is 17.5 Å². The molecule has 2 aromatic rings. The number of aryl methyl sites for hydroxylation is 3. The molecule has 6 heteroatoms. The van der Waals surface area contributed by atoms with Gasteiger partial charge in [-0.15, -0.1) is 0 Å². The largest absolute Gasteiger partial charge is 0.274 e. The molecule has 5 rings (SSSR count). The molecule has 0 radical (unpaired) electrons. The number of amides is 2. The summed E-state index contributed by atoms with van der Waals surface area (Å²) in [6.07, 6.45) is 0.949. The Balaban J connectivity index is 1.61. The van der Waals surface area contributed by atoms with E-state index < -0.39 is 12.0 Å². The number of hydrazine groups is 1. The third-order valence-electron chi connectivity index (χ3n) is 6.48. The molecule has 0 spiro atoms. The van der Waals surface area contributed by atoms with Crippen LogP contribution in [0.2, 0.25) is 0 Å². The number of halogens is 1. The molecular weight excluding hydrogens is 369 g/mol. The highest BCUT2D eigenvalue weighted by Crippen LogP contribution is 2.49. The molecule has 3 fully saturated rings. The Kier molecular flexibility index (Phi) is 4.12. The lowest BCUT2D eigenvalue weighted by Gasteiger charge is -2.30. The molecule has 3 aliphatic rings. The van der Waals surface area contributed by atoms with Crippen LogP contribution in [0.25, 0.3) is 0 Å². The topological polar surface area (TPSA) is 43.9 Å². The Morgan fingerprint density at radius 1 is 0.862 bits per heavy atom. The van der Waals surface area contributed by atoms with E-state index in [1.165, 1.54) is 17.0 Å². The predicted octanol–water partition coefficient (Wildman–Crippen LogP) is 3.29. The van der Waals surface area contributed by atoms with Crippen molar-refractivity contribution < 1.29 is 14.0 Å². The molecule has 3 saturated heterocycles. The molecule has 2 amide bonds. The van der Waals surface area contributed by atoms with Gasteiger partial charge in [-0.2, -0.15) is 0 Å². The summed E-state index contributed by atoms with van der Waals surface area (Å²) in [5, 5.41) is 4.21. The van der Waals surface area contributed by atoms with Crippen molar-refractivity contribution in [2.45, 2.75) is 39.3 Å². The Morgan fingerprint density at radius 3 is 2.07 bits per heavy atom. The van der Waals surface area contributed by atoms with Crippen molar-refractivity contribution in [2.24, 2.45) is 5.92 Å². The van der Waals surface area contributed by atoms with Crippen LogP contribution in [0.1, 0.15) is 34.7 Å². The second-order valence-electron chi connectivity index (χ2n) is 8.41. The molecule has 0 aliphatic carbocycles. The van der Waals surface area contributed by atoms with Crippen molar-refractivity contribution in [1.29, 1.82) is 0 Å². The Bertz CT molecular complexity index is 996. The lowest BCUT2D eigenvalue weighted by atomic mass is 9.90. The van der Waals surface area contributed by atoms with E-state index in [2.05, 4.69) is 10.0 Å². The fourth-order valence-corrected chi connectivity index (χ4v) is 5.52. The molecule has 3 atom stereocenters. The predicted molar refractivity (Wildman–Crippen MR) is 108 cm³/mol. The van der Waals surface area contributed by atoms with Gasteiger partial charge in [0.1, 0.15) is 11.9 Å². The van der Waals surface area contributed by atoms with E-state index >= 15 is 0 Å². The standard InChI is InChI=1S/C23H24FN3O2/c1-13-11-14(2)19(15(3)12-13)27-22(28)18-20(16-5-7-17(24)8-6-16)25-9-4-10-26(25)21(18)23(27)29/h5-8,11-12,18,20-21H,4,9-10H2,1-3H3/t18-,20-,21-/m1/s1. The highest BCUT2D eigenvalue weighted by molar-refractivity contribution is 6.24.